The van der Waals surface area contributed by atoms with Crippen molar-refractivity contribution in [3.05, 3.63) is 35.4 Å². The first kappa shape index (κ1) is 11.1. The zero-order valence-corrected chi connectivity index (χ0v) is 9.52. The van der Waals surface area contributed by atoms with E-state index >= 15 is 0 Å². The van der Waals surface area contributed by atoms with Gasteiger partial charge in [-0.25, -0.2) is 0 Å². The zero-order valence-electron chi connectivity index (χ0n) is 9.52. The Morgan fingerprint density at radius 3 is 2.75 bits per heavy atom. The lowest BCUT2D eigenvalue weighted by atomic mass is 10.0. The summed E-state index contributed by atoms with van der Waals surface area (Å²) in [7, 11) is 0. The summed E-state index contributed by atoms with van der Waals surface area (Å²) in [5.41, 5.74) is 2.29. The van der Waals surface area contributed by atoms with Crippen molar-refractivity contribution in [3.63, 3.8) is 0 Å². The van der Waals surface area contributed by atoms with Gasteiger partial charge in [0.15, 0.2) is 0 Å². The summed E-state index contributed by atoms with van der Waals surface area (Å²) in [4.78, 5) is 2.18. The largest absolute Gasteiger partial charge is 0.379 e. The van der Waals surface area contributed by atoms with Crippen molar-refractivity contribution in [1.29, 1.82) is 5.26 Å². The van der Waals surface area contributed by atoms with Crippen LogP contribution in [-0.2, 0) is 4.74 Å². The minimum Gasteiger partial charge on any atom is -0.379 e. The fourth-order valence-corrected chi connectivity index (χ4v) is 2.04. The van der Waals surface area contributed by atoms with Crippen LogP contribution < -0.4 is 0 Å². The van der Waals surface area contributed by atoms with Crippen LogP contribution in [0.15, 0.2) is 24.3 Å². The molecule has 1 atom stereocenters. The van der Waals surface area contributed by atoms with Crippen LogP contribution >= 0.6 is 0 Å². The fraction of sp³-hybridized carbons (Fsp3) is 0.462. The van der Waals surface area contributed by atoms with Crippen LogP contribution in [0.25, 0.3) is 0 Å². The Kier molecular flexibility index (Phi) is 3.55. The molecule has 0 aromatic heterocycles. The van der Waals surface area contributed by atoms with E-state index in [1.807, 2.05) is 12.1 Å². The van der Waals surface area contributed by atoms with Gasteiger partial charge < -0.3 is 4.74 Å². The molecule has 0 spiro atoms. The number of morpholine rings is 1. The lowest BCUT2D eigenvalue weighted by Gasteiger charge is -2.30. The predicted molar refractivity (Wildman–Crippen MR) is 61.9 cm³/mol. The number of nitriles is 1. The van der Waals surface area contributed by atoms with Crippen molar-refractivity contribution < 1.29 is 4.74 Å². The molecule has 1 saturated heterocycles. The molecule has 1 fully saturated rings. The molecule has 0 bridgehead atoms. The Balaban J connectivity index is 2.18. The smallest absolute Gasteiger partial charge is 0.124 e. The Labute approximate surface area is 96.2 Å². The van der Waals surface area contributed by atoms with E-state index in [0.29, 0.717) is 0 Å². The molecule has 1 aliphatic rings. The minimum absolute atomic E-state index is 0.135. The highest BCUT2D eigenvalue weighted by Crippen LogP contribution is 2.21. The minimum atomic E-state index is -0.135. The third kappa shape index (κ3) is 2.41. The van der Waals surface area contributed by atoms with Crippen molar-refractivity contribution in [2.75, 3.05) is 26.3 Å². The first-order chi connectivity index (χ1) is 7.81. The zero-order chi connectivity index (χ0) is 11.4. The maximum atomic E-state index is 9.29. The third-order valence-corrected chi connectivity index (χ3v) is 2.89. The lowest BCUT2D eigenvalue weighted by molar-refractivity contribution is 0.0266. The molecule has 0 unspecified atom stereocenters. The number of nitrogens with zero attached hydrogens (tertiary/aromatic N) is 2. The standard InChI is InChI=1S/C13H16N2O/c1-11-3-2-4-12(9-11)13(10-14)15-5-7-16-8-6-15/h2-4,9,13H,5-8H2,1H3/t13-/m0/s1. The fourth-order valence-electron chi connectivity index (χ4n) is 2.04. The lowest BCUT2D eigenvalue weighted by Crippen LogP contribution is -2.38. The Bertz CT molecular complexity index is 391. The normalized spacial score (nSPS) is 19.0. The van der Waals surface area contributed by atoms with Crippen molar-refractivity contribution in [2.24, 2.45) is 0 Å². The highest BCUT2D eigenvalue weighted by Gasteiger charge is 2.21. The summed E-state index contributed by atoms with van der Waals surface area (Å²) < 4.78 is 5.30. The number of benzene rings is 1. The van der Waals surface area contributed by atoms with Crippen LogP contribution in [0, 0.1) is 18.3 Å². The number of ether oxygens (including phenoxy) is 1. The van der Waals surface area contributed by atoms with Crippen molar-refractivity contribution in [2.45, 2.75) is 13.0 Å². The summed E-state index contributed by atoms with van der Waals surface area (Å²) >= 11 is 0. The molecule has 2 rings (SSSR count). The van der Waals surface area contributed by atoms with Gasteiger partial charge >= 0.3 is 0 Å². The van der Waals surface area contributed by atoms with Gasteiger partial charge in [0.05, 0.1) is 19.3 Å². The second kappa shape index (κ2) is 5.11. The molecule has 1 aliphatic heterocycles. The Morgan fingerprint density at radius 2 is 2.12 bits per heavy atom. The van der Waals surface area contributed by atoms with Gasteiger partial charge in [0, 0.05) is 13.1 Å². The predicted octanol–water partition coefficient (Wildman–Crippen LogP) is 1.89. The summed E-state index contributed by atoms with van der Waals surface area (Å²) in [5, 5.41) is 9.29. The highest BCUT2D eigenvalue weighted by atomic mass is 16.5. The molecule has 84 valence electrons. The van der Waals surface area contributed by atoms with Crippen molar-refractivity contribution >= 4 is 0 Å². The van der Waals surface area contributed by atoms with Crippen molar-refractivity contribution in [3.8, 4) is 6.07 Å². The maximum Gasteiger partial charge on any atom is 0.124 e. The summed E-state index contributed by atoms with van der Waals surface area (Å²) in [5.74, 6) is 0. The van der Waals surface area contributed by atoms with Crippen LogP contribution in [0.5, 0.6) is 0 Å². The van der Waals surface area contributed by atoms with Crippen LogP contribution in [0.1, 0.15) is 17.2 Å². The molecule has 0 amide bonds. The van der Waals surface area contributed by atoms with Gasteiger partial charge in [0.2, 0.25) is 0 Å². The molecule has 3 heteroatoms. The quantitative estimate of drug-likeness (QED) is 0.757. The topological polar surface area (TPSA) is 36.3 Å². The van der Waals surface area contributed by atoms with Crippen LogP contribution in [0.4, 0.5) is 0 Å². The number of hydrogen-bond donors (Lipinski definition) is 0. The summed E-state index contributed by atoms with van der Waals surface area (Å²) in [6, 6.07) is 10.4. The summed E-state index contributed by atoms with van der Waals surface area (Å²) in [6.07, 6.45) is 0. The SMILES string of the molecule is Cc1cccc([C@H](C#N)N2CCOCC2)c1. The molecule has 3 nitrogen and oxygen atoms in total. The van der Waals surface area contributed by atoms with Gasteiger partial charge in [-0.3, -0.25) is 4.90 Å². The maximum absolute atomic E-state index is 9.29. The number of aryl methyl sites for hydroxylation is 1. The van der Waals surface area contributed by atoms with Gasteiger partial charge in [-0.15, -0.1) is 0 Å². The monoisotopic (exact) mass is 216 g/mol. The number of rotatable bonds is 2. The van der Waals surface area contributed by atoms with Crippen LogP contribution in [0.3, 0.4) is 0 Å². The van der Waals surface area contributed by atoms with E-state index in [1.54, 1.807) is 0 Å². The van der Waals surface area contributed by atoms with Gasteiger partial charge in [0.1, 0.15) is 6.04 Å². The first-order valence-corrected chi connectivity index (χ1v) is 5.59. The molecule has 1 heterocycles. The molecule has 0 N–H and O–H groups in total. The molecule has 0 saturated carbocycles. The average Bonchev–Trinajstić information content (AvgIpc) is 2.31. The molecule has 1 aromatic rings. The molecule has 16 heavy (non-hydrogen) atoms. The number of hydrogen-bond acceptors (Lipinski definition) is 3. The van der Waals surface area contributed by atoms with E-state index in [0.717, 1.165) is 31.9 Å². The molecule has 0 aliphatic carbocycles. The van der Waals surface area contributed by atoms with Gasteiger partial charge in [-0.1, -0.05) is 29.8 Å². The van der Waals surface area contributed by atoms with Crippen LogP contribution in [-0.4, -0.2) is 31.2 Å². The van der Waals surface area contributed by atoms with E-state index in [9.17, 15) is 5.26 Å². The van der Waals surface area contributed by atoms with Gasteiger partial charge in [-0.05, 0) is 12.5 Å². The van der Waals surface area contributed by atoms with E-state index < -0.39 is 0 Å². The molecular formula is C13H16N2O. The second-order valence-electron chi connectivity index (χ2n) is 4.09. The second-order valence-corrected chi connectivity index (χ2v) is 4.09. The third-order valence-electron chi connectivity index (χ3n) is 2.89. The van der Waals surface area contributed by atoms with Gasteiger partial charge in [-0.2, -0.15) is 5.26 Å². The first-order valence-electron chi connectivity index (χ1n) is 5.59. The van der Waals surface area contributed by atoms with E-state index in [4.69, 9.17) is 4.74 Å². The highest BCUT2D eigenvalue weighted by molar-refractivity contribution is 5.28. The van der Waals surface area contributed by atoms with E-state index in [2.05, 4.69) is 30.0 Å². The van der Waals surface area contributed by atoms with E-state index in [1.165, 1.54) is 5.56 Å². The molecule has 0 radical (unpaired) electrons. The average molecular weight is 216 g/mol. The molecule has 1 aromatic carbocycles. The Hall–Kier alpha value is -1.37. The van der Waals surface area contributed by atoms with E-state index in [-0.39, 0.29) is 6.04 Å². The van der Waals surface area contributed by atoms with Crippen molar-refractivity contribution in [1.82, 2.24) is 4.90 Å². The van der Waals surface area contributed by atoms with Crippen LogP contribution in [0.2, 0.25) is 0 Å². The Morgan fingerprint density at radius 1 is 1.38 bits per heavy atom. The molecular weight excluding hydrogens is 200 g/mol. The van der Waals surface area contributed by atoms with Gasteiger partial charge in [0.25, 0.3) is 0 Å². The summed E-state index contributed by atoms with van der Waals surface area (Å²) in [6.45, 7) is 5.18.